The fourth-order valence-electron chi connectivity index (χ4n) is 3.22. The summed E-state index contributed by atoms with van der Waals surface area (Å²) >= 11 is 5.63. The first-order chi connectivity index (χ1) is 13.6. The highest BCUT2D eigenvalue weighted by Gasteiger charge is 2.40. The molecule has 1 amide bonds. The molecule has 1 fully saturated rings. The maximum absolute atomic E-state index is 12.9. The molecule has 4 rings (SSSR count). The van der Waals surface area contributed by atoms with E-state index < -0.39 is 0 Å². The Morgan fingerprint density at radius 3 is 2.07 bits per heavy atom. The highest BCUT2D eigenvalue weighted by molar-refractivity contribution is 7.80. The number of hydrogen-bond donors (Lipinski definition) is 0. The first-order valence-corrected chi connectivity index (χ1v) is 9.56. The van der Waals surface area contributed by atoms with Crippen molar-refractivity contribution in [2.45, 2.75) is 19.5 Å². The number of amides is 1. The lowest BCUT2D eigenvalue weighted by molar-refractivity contribution is -0.119. The molecule has 3 aromatic carbocycles. The second kappa shape index (κ2) is 7.82. The number of rotatable bonds is 5. The molecule has 1 heterocycles. The second-order valence-electron chi connectivity index (χ2n) is 6.65. The molecule has 4 nitrogen and oxygen atoms in total. The van der Waals surface area contributed by atoms with Gasteiger partial charge in [-0.15, -0.1) is 0 Å². The first-order valence-electron chi connectivity index (χ1n) is 9.15. The van der Waals surface area contributed by atoms with Crippen LogP contribution in [0.3, 0.4) is 0 Å². The van der Waals surface area contributed by atoms with Crippen molar-refractivity contribution in [1.29, 1.82) is 0 Å². The number of anilines is 1. The Morgan fingerprint density at radius 2 is 1.43 bits per heavy atom. The van der Waals surface area contributed by atoms with E-state index in [9.17, 15) is 4.79 Å². The zero-order valence-corrected chi connectivity index (χ0v) is 16.3. The molecule has 0 N–H and O–H groups in total. The summed E-state index contributed by atoms with van der Waals surface area (Å²) in [6, 6.07) is 26.8. The molecule has 1 atom stereocenters. The molecule has 0 saturated carbocycles. The van der Waals surface area contributed by atoms with Crippen LogP contribution in [-0.4, -0.2) is 22.0 Å². The number of para-hydroxylation sites is 1. The van der Waals surface area contributed by atoms with Crippen molar-refractivity contribution in [3.8, 4) is 11.5 Å². The van der Waals surface area contributed by atoms with Gasteiger partial charge in [-0.3, -0.25) is 9.69 Å². The van der Waals surface area contributed by atoms with E-state index in [1.54, 1.807) is 4.90 Å². The molecule has 1 unspecified atom stereocenters. The molecule has 0 aromatic heterocycles. The van der Waals surface area contributed by atoms with Gasteiger partial charge in [0.25, 0.3) is 5.91 Å². The maximum atomic E-state index is 12.9. The summed E-state index contributed by atoms with van der Waals surface area (Å²) in [5.41, 5.74) is 1.87. The van der Waals surface area contributed by atoms with Crippen LogP contribution in [0, 0.1) is 0 Å². The van der Waals surface area contributed by atoms with Gasteiger partial charge in [-0.05, 0) is 61.1 Å². The summed E-state index contributed by atoms with van der Waals surface area (Å²) in [6.07, 6.45) is 0. The summed E-state index contributed by atoms with van der Waals surface area (Å²) in [7, 11) is 0. The normalized spacial score (nSPS) is 16.5. The zero-order chi connectivity index (χ0) is 19.5. The molecule has 0 radical (unpaired) electrons. The molecule has 0 bridgehead atoms. The van der Waals surface area contributed by atoms with Gasteiger partial charge in [0, 0.05) is 6.54 Å². The molecule has 1 aliphatic rings. The summed E-state index contributed by atoms with van der Waals surface area (Å²) in [5.74, 6) is 1.46. The van der Waals surface area contributed by atoms with Crippen molar-refractivity contribution in [2.24, 2.45) is 0 Å². The van der Waals surface area contributed by atoms with Crippen molar-refractivity contribution >= 4 is 28.9 Å². The molecule has 5 heteroatoms. The van der Waals surface area contributed by atoms with E-state index in [0.29, 0.717) is 17.4 Å². The van der Waals surface area contributed by atoms with E-state index in [2.05, 4.69) is 0 Å². The molecular formula is C23H20N2O2S. The minimum Gasteiger partial charge on any atom is -0.457 e. The number of hydrogen-bond acceptors (Lipinski definition) is 3. The van der Waals surface area contributed by atoms with Crippen LogP contribution < -0.4 is 9.64 Å². The SMILES string of the molecule is CC1C(=O)N(c2ccc(Oc3ccccc3)cc2)C(=S)N1Cc1ccccc1. The van der Waals surface area contributed by atoms with E-state index in [0.717, 1.165) is 17.0 Å². The quantitative estimate of drug-likeness (QED) is 0.576. The molecule has 1 aliphatic heterocycles. The van der Waals surface area contributed by atoms with Crippen molar-refractivity contribution in [2.75, 3.05) is 4.90 Å². The van der Waals surface area contributed by atoms with Crippen LogP contribution in [0.25, 0.3) is 0 Å². The van der Waals surface area contributed by atoms with Gasteiger partial charge in [-0.1, -0.05) is 48.5 Å². The number of carbonyl (C=O) groups is 1. The highest BCUT2D eigenvalue weighted by atomic mass is 32.1. The Morgan fingerprint density at radius 1 is 0.857 bits per heavy atom. The van der Waals surface area contributed by atoms with Gasteiger partial charge in [0.1, 0.15) is 17.5 Å². The summed E-state index contributed by atoms with van der Waals surface area (Å²) < 4.78 is 5.82. The molecule has 3 aromatic rings. The summed E-state index contributed by atoms with van der Waals surface area (Å²) in [6.45, 7) is 2.50. The molecular weight excluding hydrogens is 368 g/mol. The minimum atomic E-state index is -0.298. The Hall–Kier alpha value is -3.18. The zero-order valence-electron chi connectivity index (χ0n) is 15.5. The molecule has 0 spiro atoms. The number of nitrogens with zero attached hydrogens (tertiary/aromatic N) is 2. The largest absolute Gasteiger partial charge is 0.457 e. The lowest BCUT2D eigenvalue weighted by Gasteiger charge is -2.22. The molecule has 1 saturated heterocycles. The van der Waals surface area contributed by atoms with Crippen LogP contribution in [0.5, 0.6) is 11.5 Å². The van der Waals surface area contributed by atoms with Gasteiger partial charge in [-0.2, -0.15) is 0 Å². The molecule has 28 heavy (non-hydrogen) atoms. The Labute approximate surface area is 170 Å². The average Bonchev–Trinajstić information content (AvgIpc) is 2.94. The van der Waals surface area contributed by atoms with Crippen LogP contribution in [0.4, 0.5) is 5.69 Å². The van der Waals surface area contributed by atoms with Crippen LogP contribution >= 0.6 is 12.2 Å². The van der Waals surface area contributed by atoms with Gasteiger partial charge < -0.3 is 9.64 Å². The fraction of sp³-hybridized carbons (Fsp3) is 0.130. The van der Waals surface area contributed by atoms with Crippen LogP contribution in [0.2, 0.25) is 0 Å². The van der Waals surface area contributed by atoms with Crippen LogP contribution in [0.1, 0.15) is 12.5 Å². The Bertz CT molecular complexity index is 975. The third kappa shape index (κ3) is 3.62. The van der Waals surface area contributed by atoms with E-state index >= 15 is 0 Å². The maximum Gasteiger partial charge on any atom is 0.255 e. The van der Waals surface area contributed by atoms with Gasteiger partial charge in [-0.25, -0.2) is 0 Å². The van der Waals surface area contributed by atoms with Gasteiger partial charge in [0.2, 0.25) is 0 Å². The van der Waals surface area contributed by atoms with E-state index in [1.807, 2.05) is 96.8 Å². The summed E-state index contributed by atoms with van der Waals surface area (Å²) in [4.78, 5) is 16.4. The van der Waals surface area contributed by atoms with Crippen LogP contribution in [0.15, 0.2) is 84.9 Å². The summed E-state index contributed by atoms with van der Waals surface area (Å²) in [5, 5.41) is 0.526. The standard InChI is InChI=1S/C23H20N2O2S/c1-17-22(26)25(23(28)24(17)16-18-8-4-2-5-9-18)19-12-14-21(15-13-19)27-20-10-6-3-7-11-20/h2-15,17H,16H2,1H3. The smallest absolute Gasteiger partial charge is 0.255 e. The molecule has 0 aliphatic carbocycles. The Balaban J connectivity index is 1.52. The van der Waals surface area contributed by atoms with E-state index in [1.165, 1.54) is 0 Å². The number of ether oxygens (including phenoxy) is 1. The lowest BCUT2D eigenvalue weighted by atomic mass is 10.2. The van der Waals surface area contributed by atoms with Gasteiger partial charge >= 0.3 is 0 Å². The highest BCUT2D eigenvalue weighted by Crippen LogP contribution is 2.29. The number of benzene rings is 3. The van der Waals surface area contributed by atoms with Crippen molar-refractivity contribution < 1.29 is 9.53 Å². The third-order valence-corrected chi connectivity index (χ3v) is 5.17. The first kappa shape index (κ1) is 18.2. The lowest BCUT2D eigenvalue weighted by Crippen LogP contribution is -2.33. The van der Waals surface area contributed by atoms with Crippen molar-refractivity contribution in [3.63, 3.8) is 0 Å². The van der Waals surface area contributed by atoms with E-state index in [4.69, 9.17) is 17.0 Å². The third-order valence-electron chi connectivity index (χ3n) is 4.75. The average molecular weight is 388 g/mol. The predicted octanol–water partition coefficient (Wildman–Crippen LogP) is 5.00. The topological polar surface area (TPSA) is 32.8 Å². The second-order valence-corrected chi connectivity index (χ2v) is 7.02. The monoisotopic (exact) mass is 388 g/mol. The fourth-order valence-corrected chi connectivity index (χ4v) is 3.64. The van der Waals surface area contributed by atoms with Gasteiger partial charge in [0.05, 0.1) is 5.69 Å². The van der Waals surface area contributed by atoms with E-state index in [-0.39, 0.29) is 11.9 Å². The van der Waals surface area contributed by atoms with Crippen molar-refractivity contribution in [3.05, 3.63) is 90.5 Å². The van der Waals surface area contributed by atoms with Crippen LogP contribution in [-0.2, 0) is 11.3 Å². The number of carbonyl (C=O) groups excluding carboxylic acids is 1. The van der Waals surface area contributed by atoms with Gasteiger partial charge in [0.15, 0.2) is 5.11 Å². The number of thiocarbonyl (C=S) groups is 1. The van der Waals surface area contributed by atoms with Crippen molar-refractivity contribution in [1.82, 2.24) is 4.90 Å². The predicted molar refractivity (Wildman–Crippen MR) is 114 cm³/mol. The Kier molecular flexibility index (Phi) is 5.08. The molecule has 140 valence electrons. The minimum absolute atomic E-state index is 0.0161.